The predicted octanol–water partition coefficient (Wildman–Crippen LogP) is 4.79. The molecule has 0 saturated heterocycles. The van der Waals surface area contributed by atoms with Crippen LogP contribution in [0.4, 0.5) is 27.6 Å². The number of amides is 1. The lowest BCUT2D eigenvalue weighted by molar-refractivity contribution is -0.141. The average molecular weight is 525 g/mol. The second-order valence-electron chi connectivity index (χ2n) is 7.71. The van der Waals surface area contributed by atoms with E-state index < -0.39 is 39.4 Å². The molecular weight excluding hydrogens is 505 g/mol. The summed E-state index contributed by atoms with van der Waals surface area (Å²) in [6, 6.07) is 10.7. The minimum atomic E-state index is -4.71. The minimum Gasteiger partial charge on any atom is -0.352 e. The lowest BCUT2D eigenvalue weighted by Gasteiger charge is -2.11. The number of anilines is 1. The molecule has 1 heterocycles. The van der Waals surface area contributed by atoms with E-state index in [0.29, 0.717) is 5.56 Å². The number of rotatable bonds is 8. The van der Waals surface area contributed by atoms with E-state index in [9.17, 15) is 35.2 Å². The van der Waals surface area contributed by atoms with Crippen molar-refractivity contribution in [2.45, 2.75) is 12.6 Å². The van der Waals surface area contributed by atoms with Gasteiger partial charge in [-0.2, -0.15) is 13.2 Å². The summed E-state index contributed by atoms with van der Waals surface area (Å²) in [6.07, 6.45) is -1.24. The zero-order chi connectivity index (χ0) is 26.5. The van der Waals surface area contributed by atoms with Gasteiger partial charge >= 0.3 is 6.18 Å². The van der Waals surface area contributed by atoms with Crippen LogP contribution in [-0.4, -0.2) is 32.1 Å². The Morgan fingerprint density at radius 1 is 1.06 bits per heavy atom. The van der Waals surface area contributed by atoms with Crippen molar-refractivity contribution in [1.29, 1.82) is 0 Å². The van der Waals surface area contributed by atoms with Crippen LogP contribution in [0.1, 0.15) is 16.8 Å². The van der Waals surface area contributed by atoms with E-state index in [2.05, 4.69) is 10.3 Å². The molecule has 0 fully saturated rings. The highest BCUT2D eigenvalue weighted by Crippen LogP contribution is 2.32. The number of hydrogen-bond donors (Lipinski definition) is 2. The Hall–Kier alpha value is -3.80. The molecule has 36 heavy (non-hydrogen) atoms. The number of sulfonamides is 1. The van der Waals surface area contributed by atoms with E-state index in [1.807, 2.05) is 4.72 Å². The molecule has 0 radical (unpaired) electrons. The Morgan fingerprint density at radius 2 is 1.81 bits per heavy atom. The second kappa shape index (κ2) is 10.9. The summed E-state index contributed by atoms with van der Waals surface area (Å²) >= 11 is 0. The molecule has 0 aliphatic carbocycles. The molecule has 0 spiro atoms. The molecule has 6 nitrogen and oxygen atoms in total. The summed E-state index contributed by atoms with van der Waals surface area (Å²) in [5.74, 6) is -2.00. The smallest absolute Gasteiger partial charge is 0.352 e. The van der Waals surface area contributed by atoms with Crippen molar-refractivity contribution in [3.05, 3.63) is 89.1 Å². The summed E-state index contributed by atoms with van der Waals surface area (Å²) < 4.78 is 91.6. The molecule has 0 unspecified atom stereocenters. The number of pyridine rings is 1. The monoisotopic (exact) mass is 525 g/mol. The van der Waals surface area contributed by atoms with Gasteiger partial charge in [0.25, 0.3) is 0 Å². The van der Waals surface area contributed by atoms with Gasteiger partial charge in [0, 0.05) is 23.7 Å². The molecule has 0 saturated carbocycles. The Bertz CT molecular complexity index is 1410. The van der Waals surface area contributed by atoms with Crippen LogP contribution < -0.4 is 10.0 Å². The van der Waals surface area contributed by atoms with Crippen LogP contribution in [0.5, 0.6) is 0 Å². The molecule has 2 aromatic carbocycles. The molecule has 3 aromatic rings. The van der Waals surface area contributed by atoms with Crippen molar-refractivity contribution in [2.75, 3.05) is 17.5 Å². The van der Waals surface area contributed by atoms with Crippen molar-refractivity contribution in [3.8, 4) is 11.3 Å². The predicted molar refractivity (Wildman–Crippen MR) is 125 cm³/mol. The van der Waals surface area contributed by atoms with Gasteiger partial charge in [0.05, 0.1) is 17.6 Å². The number of hydrogen-bond acceptors (Lipinski definition) is 4. The van der Waals surface area contributed by atoms with Crippen LogP contribution in [0.3, 0.4) is 0 Å². The number of benzene rings is 2. The summed E-state index contributed by atoms with van der Waals surface area (Å²) in [5.41, 5.74) is -0.736. The first-order chi connectivity index (χ1) is 16.8. The van der Waals surface area contributed by atoms with Crippen LogP contribution >= 0.6 is 0 Å². The second-order valence-corrected chi connectivity index (χ2v) is 9.45. The Morgan fingerprint density at radius 3 is 2.44 bits per heavy atom. The summed E-state index contributed by atoms with van der Waals surface area (Å²) in [4.78, 5) is 15.8. The fourth-order valence-corrected chi connectivity index (χ4v) is 3.75. The van der Waals surface area contributed by atoms with E-state index in [-0.39, 0.29) is 35.5 Å². The van der Waals surface area contributed by atoms with Crippen molar-refractivity contribution in [2.24, 2.45) is 0 Å². The van der Waals surface area contributed by atoms with E-state index in [4.69, 9.17) is 0 Å². The fourth-order valence-electron chi connectivity index (χ4n) is 3.18. The van der Waals surface area contributed by atoms with Gasteiger partial charge in [0.15, 0.2) is 0 Å². The number of nitrogens with zero attached hydrogens (tertiary/aromatic N) is 1. The van der Waals surface area contributed by atoms with Crippen molar-refractivity contribution in [1.82, 2.24) is 10.3 Å². The largest absolute Gasteiger partial charge is 0.433 e. The van der Waals surface area contributed by atoms with Gasteiger partial charge in [-0.25, -0.2) is 22.2 Å². The van der Waals surface area contributed by atoms with Crippen molar-refractivity contribution < 1.29 is 35.2 Å². The first kappa shape index (κ1) is 26.8. The molecule has 0 bridgehead atoms. The summed E-state index contributed by atoms with van der Waals surface area (Å²) in [7, 11) is -3.64. The van der Waals surface area contributed by atoms with Gasteiger partial charge in [0.1, 0.15) is 17.3 Å². The average Bonchev–Trinajstić information content (AvgIpc) is 2.78. The van der Waals surface area contributed by atoms with Crippen LogP contribution in [0.2, 0.25) is 0 Å². The third kappa shape index (κ3) is 7.60. The highest BCUT2D eigenvalue weighted by atomic mass is 32.2. The highest BCUT2D eigenvalue weighted by Gasteiger charge is 2.33. The zero-order valence-corrected chi connectivity index (χ0v) is 19.6. The minimum absolute atomic E-state index is 0.101. The Kier molecular flexibility index (Phi) is 8.08. The highest BCUT2D eigenvalue weighted by molar-refractivity contribution is 7.92. The molecule has 0 aliphatic heterocycles. The standard InChI is InChI=1S/C24H20F5N3O3S/c1-36(34,35)32-20-8-5-15(13-19(20)26)11-12-30-22(33)10-7-16-6-9-21(24(27,28)29)31-23(16)17-3-2-4-18(25)14-17/h2-10,13-14,32H,11-12H2,1H3,(H,30,33). The molecule has 1 aromatic heterocycles. The van der Waals surface area contributed by atoms with Gasteiger partial charge in [-0.05, 0) is 48.4 Å². The quantitative estimate of drug-likeness (QED) is 0.327. The van der Waals surface area contributed by atoms with Gasteiger partial charge in [0.2, 0.25) is 15.9 Å². The molecule has 1 amide bonds. The van der Waals surface area contributed by atoms with Crippen LogP contribution in [0.25, 0.3) is 17.3 Å². The number of carbonyl (C=O) groups is 1. The third-order valence-corrected chi connectivity index (χ3v) is 5.36. The fraction of sp³-hybridized carbons (Fsp3) is 0.167. The zero-order valence-electron chi connectivity index (χ0n) is 18.7. The number of halogens is 5. The Labute approximate surface area is 203 Å². The first-order valence-corrected chi connectivity index (χ1v) is 12.3. The van der Waals surface area contributed by atoms with Gasteiger partial charge in [-0.1, -0.05) is 24.3 Å². The van der Waals surface area contributed by atoms with Gasteiger partial charge in [-0.3, -0.25) is 9.52 Å². The maximum absolute atomic E-state index is 14.1. The molecule has 190 valence electrons. The van der Waals surface area contributed by atoms with E-state index >= 15 is 0 Å². The van der Waals surface area contributed by atoms with Crippen LogP contribution in [-0.2, 0) is 27.4 Å². The molecule has 12 heteroatoms. The van der Waals surface area contributed by atoms with E-state index in [1.165, 1.54) is 30.3 Å². The molecule has 0 atom stereocenters. The van der Waals surface area contributed by atoms with Crippen LogP contribution in [0, 0.1) is 11.6 Å². The number of carbonyl (C=O) groups excluding carboxylic acids is 1. The lowest BCUT2D eigenvalue weighted by atomic mass is 10.0. The maximum atomic E-state index is 14.1. The Balaban J connectivity index is 1.69. The normalized spacial score (nSPS) is 12.1. The third-order valence-electron chi connectivity index (χ3n) is 4.77. The lowest BCUT2D eigenvalue weighted by Crippen LogP contribution is -2.23. The van der Waals surface area contributed by atoms with Crippen molar-refractivity contribution >= 4 is 27.7 Å². The maximum Gasteiger partial charge on any atom is 0.433 e. The summed E-state index contributed by atoms with van der Waals surface area (Å²) in [5, 5.41) is 2.56. The van der Waals surface area contributed by atoms with Crippen molar-refractivity contribution in [3.63, 3.8) is 0 Å². The summed E-state index contributed by atoms with van der Waals surface area (Å²) in [6.45, 7) is 0.101. The van der Waals surface area contributed by atoms with Crippen LogP contribution in [0.15, 0.2) is 60.7 Å². The number of alkyl halides is 3. The molecule has 2 N–H and O–H groups in total. The van der Waals surface area contributed by atoms with Gasteiger partial charge in [-0.15, -0.1) is 0 Å². The van der Waals surface area contributed by atoms with E-state index in [1.54, 1.807) is 0 Å². The molecular formula is C24H20F5N3O3S. The molecule has 0 aliphatic rings. The number of nitrogens with one attached hydrogen (secondary N) is 2. The SMILES string of the molecule is CS(=O)(=O)Nc1ccc(CCNC(=O)C=Cc2ccc(C(F)(F)F)nc2-c2cccc(F)c2)cc1F. The van der Waals surface area contributed by atoms with Gasteiger partial charge < -0.3 is 5.32 Å². The van der Waals surface area contributed by atoms with E-state index in [0.717, 1.165) is 42.7 Å². The first-order valence-electron chi connectivity index (χ1n) is 10.4. The number of aromatic nitrogens is 1. The topological polar surface area (TPSA) is 88.2 Å². The molecule has 3 rings (SSSR count).